The maximum absolute atomic E-state index is 13.4. The summed E-state index contributed by atoms with van der Waals surface area (Å²) in [6, 6.07) is 11.3. The first-order valence-corrected chi connectivity index (χ1v) is 15.3. The van der Waals surface area contributed by atoms with Crippen molar-refractivity contribution in [3.05, 3.63) is 88.5 Å². The predicted molar refractivity (Wildman–Crippen MR) is 156 cm³/mol. The standard InChI is InChI=1S/C33H36F4N4O4/c34-27-10-4-21(5-11-27)13-41-14-24(12-39-41)30(42)40-15-26(32(20-40)18-38-19-32)17-45-16-23-2-1-3-28(29(23)31(43)44)22-6-8-25(9-7-22)33(35,36)37/h1-5,10-12,14,22,25-26,38H,6-9,13,15-20H2,(H,43,44)/t22?,25?,26-/m0/s1. The number of alkyl halides is 3. The molecule has 3 aromatic rings. The number of hydrogen-bond donors (Lipinski definition) is 2. The number of carbonyl (C=O) groups excluding carboxylic acids is 1. The molecule has 6 rings (SSSR count). The lowest BCUT2D eigenvalue weighted by atomic mass is 9.73. The van der Waals surface area contributed by atoms with Gasteiger partial charge in [-0.3, -0.25) is 9.48 Å². The van der Waals surface area contributed by atoms with E-state index >= 15 is 0 Å². The van der Waals surface area contributed by atoms with Crippen LogP contribution in [0.15, 0.2) is 54.9 Å². The molecule has 3 aliphatic rings. The number of carboxylic acid groups (broad SMARTS) is 1. The average molecular weight is 629 g/mol. The van der Waals surface area contributed by atoms with Crippen LogP contribution in [0, 0.1) is 23.1 Å². The van der Waals surface area contributed by atoms with Gasteiger partial charge in [-0.1, -0.05) is 30.3 Å². The topological polar surface area (TPSA) is 96.7 Å². The normalized spacial score (nSPS) is 22.8. The van der Waals surface area contributed by atoms with Gasteiger partial charge in [-0.15, -0.1) is 0 Å². The lowest BCUT2D eigenvalue weighted by Crippen LogP contribution is -2.58. The Labute approximate surface area is 258 Å². The second-order valence-corrected chi connectivity index (χ2v) is 12.7. The Bertz CT molecular complexity index is 1530. The van der Waals surface area contributed by atoms with E-state index < -0.39 is 18.1 Å². The van der Waals surface area contributed by atoms with Crippen LogP contribution in [0.1, 0.15) is 69.0 Å². The third kappa shape index (κ3) is 6.62. The molecule has 2 saturated heterocycles. The van der Waals surface area contributed by atoms with Gasteiger partial charge in [0.2, 0.25) is 0 Å². The van der Waals surface area contributed by atoms with E-state index in [0.717, 1.165) is 18.7 Å². The van der Waals surface area contributed by atoms with Gasteiger partial charge in [-0.25, -0.2) is 9.18 Å². The van der Waals surface area contributed by atoms with Crippen molar-refractivity contribution >= 4 is 11.9 Å². The van der Waals surface area contributed by atoms with Crippen LogP contribution < -0.4 is 5.32 Å². The van der Waals surface area contributed by atoms with Gasteiger partial charge >= 0.3 is 12.1 Å². The highest BCUT2D eigenvalue weighted by atomic mass is 19.4. The van der Waals surface area contributed by atoms with E-state index in [0.29, 0.717) is 55.8 Å². The number of likely N-dealkylation sites (tertiary alicyclic amines) is 1. The first kappa shape index (κ1) is 31.2. The monoisotopic (exact) mass is 628 g/mol. The van der Waals surface area contributed by atoms with Crippen molar-refractivity contribution < 1.29 is 37.0 Å². The highest BCUT2D eigenvalue weighted by Crippen LogP contribution is 2.44. The van der Waals surface area contributed by atoms with Gasteiger partial charge in [-0.2, -0.15) is 18.3 Å². The highest BCUT2D eigenvalue weighted by Gasteiger charge is 2.52. The van der Waals surface area contributed by atoms with E-state index in [1.807, 2.05) is 4.90 Å². The molecule has 0 unspecified atom stereocenters. The lowest BCUT2D eigenvalue weighted by molar-refractivity contribution is -0.182. The summed E-state index contributed by atoms with van der Waals surface area (Å²) < 4.78 is 60.6. The fourth-order valence-electron chi connectivity index (χ4n) is 7.17. The zero-order valence-electron chi connectivity index (χ0n) is 24.7. The number of carbonyl (C=O) groups is 2. The van der Waals surface area contributed by atoms with Crippen LogP contribution in [0.5, 0.6) is 0 Å². The summed E-state index contributed by atoms with van der Waals surface area (Å²) in [7, 11) is 0. The maximum atomic E-state index is 13.4. The average Bonchev–Trinajstić information content (AvgIpc) is 3.63. The van der Waals surface area contributed by atoms with Crippen LogP contribution in [-0.2, 0) is 17.9 Å². The first-order chi connectivity index (χ1) is 21.5. The zero-order valence-corrected chi connectivity index (χ0v) is 24.7. The molecule has 2 aromatic carbocycles. The van der Waals surface area contributed by atoms with Gasteiger partial charge < -0.3 is 20.1 Å². The molecule has 2 aliphatic heterocycles. The van der Waals surface area contributed by atoms with Gasteiger partial charge in [0.25, 0.3) is 5.91 Å². The fraction of sp³-hybridized carbons (Fsp3) is 0.485. The maximum Gasteiger partial charge on any atom is 0.391 e. The Morgan fingerprint density at radius 2 is 1.80 bits per heavy atom. The summed E-state index contributed by atoms with van der Waals surface area (Å²) in [5.41, 5.74) is 2.37. The quantitative estimate of drug-likeness (QED) is 0.305. The van der Waals surface area contributed by atoms with E-state index in [4.69, 9.17) is 4.74 Å². The molecule has 3 heterocycles. The number of amides is 1. The van der Waals surface area contributed by atoms with E-state index in [2.05, 4.69) is 10.4 Å². The molecule has 1 amide bonds. The molecular weight excluding hydrogens is 592 g/mol. The minimum absolute atomic E-state index is 0.00396. The Balaban J connectivity index is 1.08. The van der Waals surface area contributed by atoms with Crippen molar-refractivity contribution in [1.29, 1.82) is 0 Å². The zero-order chi connectivity index (χ0) is 31.8. The number of nitrogens with zero attached hydrogens (tertiary/aromatic N) is 3. The van der Waals surface area contributed by atoms with Crippen LogP contribution >= 0.6 is 0 Å². The first-order valence-electron chi connectivity index (χ1n) is 15.3. The summed E-state index contributed by atoms with van der Waals surface area (Å²) >= 11 is 0. The van der Waals surface area contributed by atoms with E-state index in [9.17, 15) is 32.3 Å². The van der Waals surface area contributed by atoms with Crippen molar-refractivity contribution in [2.45, 2.75) is 50.9 Å². The Hall–Kier alpha value is -3.77. The van der Waals surface area contributed by atoms with Crippen molar-refractivity contribution in [2.24, 2.45) is 17.3 Å². The summed E-state index contributed by atoms with van der Waals surface area (Å²) in [4.78, 5) is 27.6. The molecule has 3 fully saturated rings. The molecule has 1 atom stereocenters. The molecule has 1 spiro atoms. The number of benzene rings is 2. The summed E-state index contributed by atoms with van der Waals surface area (Å²) in [6.07, 6.45) is -0.416. The molecule has 12 heteroatoms. The number of hydrogen-bond acceptors (Lipinski definition) is 5. The number of nitrogens with one attached hydrogen (secondary N) is 1. The summed E-state index contributed by atoms with van der Waals surface area (Å²) in [5, 5.41) is 17.7. The molecule has 1 aliphatic carbocycles. The number of ether oxygens (including phenoxy) is 1. The minimum atomic E-state index is -4.22. The van der Waals surface area contributed by atoms with Gasteiger partial charge in [0.1, 0.15) is 5.82 Å². The van der Waals surface area contributed by atoms with Crippen molar-refractivity contribution in [2.75, 3.05) is 32.8 Å². The van der Waals surface area contributed by atoms with Crippen LogP contribution in [0.2, 0.25) is 0 Å². The Morgan fingerprint density at radius 1 is 1.07 bits per heavy atom. The number of halogens is 4. The highest BCUT2D eigenvalue weighted by molar-refractivity contribution is 5.94. The molecular formula is C33H36F4N4O4. The predicted octanol–water partition coefficient (Wildman–Crippen LogP) is 5.48. The molecule has 45 heavy (non-hydrogen) atoms. The van der Waals surface area contributed by atoms with Gasteiger partial charge in [0.15, 0.2) is 0 Å². The van der Waals surface area contributed by atoms with Crippen molar-refractivity contribution in [3.8, 4) is 0 Å². The van der Waals surface area contributed by atoms with E-state index in [1.165, 1.54) is 18.3 Å². The molecule has 2 N–H and O–H groups in total. The SMILES string of the molecule is O=C(O)c1c(COC[C@@H]2CN(C(=O)c3cnn(Cc4ccc(F)cc4)c3)CC23CNC3)cccc1C1CCC(C(F)(F)F)CC1. The van der Waals surface area contributed by atoms with Gasteiger partial charge in [0, 0.05) is 43.7 Å². The minimum Gasteiger partial charge on any atom is -0.478 e. The Kier molecular flexibility index (Phi) is 8.71. The number of carboxylic acids is 1. The van der Waals surface area contributed by atoms with Crippen LogP contribution in [0.4, 0.5) is 17.6 Å². The van der Waals surface area contributed by atoms with Gasteiger partial charge in [-0.05, 0) is 60.4 Å². The summed E-state index contributed by atoms with van der Waals surface area (Å²) in [5.74, 6) is -3.10. The van der Waals surface area contributed by atoms with Crippen molar-refractivity contribution in [1.82, 2.24) is 20.0 Å². The van der Waals surface area contributed by atoms with Crippen LogP contribution in [-0.4, -0.2) is 70.6 Å². The summed E-state index contributed by atoms with van der Waals surface area (Å²) in [6.45, 7) is 3.32. The van der Waals surface area contributed by atoms with E-state index in [1.54, 1.807) is 41.2 Å². The fourth-order valence-corrected chi connectivity index (χ4v) is 7.17. The molecule has 240 valence electrons. The number of rotatable bonds is 9. The third-order valence-corrected chi connectivity index (χ3v) is 9.80. The molecule has 0 radical (unpaired) electrons. The van der Waals surface area contributed by atoms with Crippen molar-refractivity contribution in [3.63, 3.8) is 0 Å². The second-order valence-electron chi connectivity index (χ2n) is 12.7. The molecule has 1 saturated carbocycles. The smallest absolute Gasteiger partial charge is 0.391 e. The Morgan fingerprint density at radius 3 is 2.44 bits per heavy atom. The molecule has 8 nitrogen and oxygen atoms in total. The number of aromatic nitrogens is 2. The number of aromatic carboxylic acids is 1. The van der Waals surface area contributed by atoms with E-state index in [-0.39, 0.29) is 54.0 Å². The van der Waals surface area contributed by atoms with Gasteiger partial charge in [0.05, 0.1) is 43.0 Å². The largest absolute Gasteiger partial charge is 0.478 e. The second kappa shape index (κ2) is 12.6. The molecule has 1 aromatic heterocycles. The lowest BCUT2D eigenvalue weighted by Gasteiger charge is -2.43. The molecule has 0 bridgehead atoms. The third-order valence-electron chi connectivity index (χ3n) is 9.80. The van der Waals surface area contributed by atoms with Crippen LogP contribution in [0.3, 0.4) is 0 Å². The van der Waals surface area contributed by atoms with Crippen LogP contribution in [0.25, 0.3) is 0 Å².